The van der Waals surface area contributed by atoms with E-state index in [9.17, 15) is 9.90 Å². The molecule has 130 valence electrons. The number of phenols is 1. The first-order chi connectivity index (χ1) is 12.1. The molecule has 0 saturated heterocycles. The molecule has 0 aliphatic carbocycles. The van der Waals surface area contributed by atoms with E-state index in [1.807, 2.05) is 24.5 Å². The zero-order valence-corrected chi connectivity index (χ0v) is 15.4. The first-order valence-electron chi connectivity index (χ1n) is 7.65. The van der Waals surface area contributed by atoms with Crippen molar-refractivity contribution in [2.45, 2.75) is 25.5 Å². The van der Waals surface area contributed by atoms with E-state index in [4.69, 9.17) is 0 Å². The van der Waals surface area contributed by atoms with Gasteiger partial charge in [-0.25, -0.2) is 4.98 Å². The molecule has 2 heterocycles. The number of amides is 1. The van der Waals surface area contributed by atoms with Gasteiger partial charge in [-0.2, -0.15) is 0 Å². The fourth-order valence-electron chi connectivity index (χ4n) is 2.24. The van der Waals surface area contributed by atoms with Crippen molar-refractivity contribution in [3.8, 4) is 17.1 Å². The Kier molecular flexibility index (Phi) is 5.34. The Hall–Kier alpha value is -2.39. The Morgan fingerprint density at radius 3 is 2.84 bits per heavy atom. The standard InChI is InChI=1S/C16H17N5O2S2/c1-3-21-14(11-6-4-5-7-12(11)22)19-20-16(21)24-9-13(23)18-15-17-8-10(2)25-15/h4-8,22H,3,9H2,1-2H3,(H,17,18,23). The van der Waals surface area contributed by atoms with Crippen LogP contribution >= 0.6 is 23.1 Å². The van der Waals surface area contributed by atoms with Crippen LogP contribution in [0.2, 0.25) is 0 Å². The maximum atomic E-state index is 12.1. The molecule has 2 aromatic heterocycles. The molecule has 1 amide bonds. The molecule has 0 spiro atoms. The van der Waals surface area contributed by atoms with E-state index in [1.54, 1.807) is 24.4 Å². The number of hydrogen-bond acceptors (Lipinski definition) is 7. The van der Waals surface area contributed by atoms with Crippen molar-refractivity contribution in [2.24, 2.45) is 0 Å². The molecule has 25 heavy (non-hydrogen) atoms. The third-order valence-corrected chi connectivity index (χ3v) is 5.17. The minimum absolute atomic E-state index is 0.144. The van der Waals surface area contributed by atoms with Gasteiger partial charge in [0.2, 0.25) is 5.91 Å². The fraction of sp³-hybridized carbons (Fsp3) is 0.250. The lowest BCUT2D eigenvalue weighted by atomic mass is 10.2. The van der Waals surface area contributed by atoms with Crippen LogP contribution in [-0.4, -0.2) is 36.5 Å². The van der Waals surface area contributed by atoms with Crippen LogP contribution in [0.5, 0.6) is 5.75 Å². The molecule has 3 rings (SSSR count). The molecule has 0 radical (unpaired) electrons. The molecule has 0 bridgehead atoms. The van der Waals surface area contributed by atoms with Crippen LogP contribution in [0.1, 0.15) is 11.8 Å². The van der Waals surface area contributed by atoms with Crippen LogP contribution < -0.4 is 5.32 Å². The number of rotatable bonds is 6. The number of phenolic OH excluding ortho intramolecular Hbond substituents is 1. The van der Waals surface area contributed by atoms with E-state index >= 15 is 0 Å². The lowest BCUT2D eigenvalue weighted by molar-refractivity contribution is -0.113. The number of thiazole rings is 1. The normalized spacial score (nSPS) is 10.8. The van der Waals surface area contributed by atoms with Gasteiger partial charge in [0.05, 0.1) is 11.3 Å². The maximum absolute atomic E-state index is 12.1. The number of aromatic nitrogens is 4. The summed E-state index contributed by atoms with van der Waals surface area (Å²) in [4.78, 5) is 17.2. The molecule has 1 aromatic carbocycles. The number of benzene rings is 1. The largest absolute Gasteiger partial charge is 0.507 e. The van der Waals surface area contributed by atoms with E-state index in [2.05, 4.69) is 20.5 Å². The summed E-state index contributed by atoms with van der Waals surface area (Å²) in [5.74, 6) is 0.795. The van der Waals surface area contributed by atoms with Crippen molar-refractivity contribution in [1.82, 2.24) is 19.7 Å². The number of hydrogen-bond donors (Lipinski definition) is 2. The van der Waals surface area contributed by atoms with Crippen LogP contribution in [0.4, 0.5) is 5.13 Å². The molecule has 7 nitrogen and oxygen atoms in total. The lowest BCUT2D eigenvalue weighted by Gasteiger charge is -2.08. The molecular weight excluding hydrogens is 358 g/mol. The summed E-state index contributed by atoms with van der Waals surface area (Å²) in [7, 11) is 0. The van der Waals surface area contributed by atoms with Gasteiger partial charge in [-0.05, 0) is 26.0 Å². The van der Waals surface area contributed by atoms with Gasteiger partial charge in [0, 0.05) is 17.6 Å². The molecule has 0 unspecified atom stereocenters. The van der Waals surface area contributed by atoms with Gasteiger partial charge in [0.15, 0.2) is 16.1 Å². The number of anilines is 1. The molecule has 2 N–H and O–H groups in total. The summed E-state index contributed by atoms with van der Waals surface area (Å²) in [6, 6.07) is 6.99. The van der Waals surface area contributed by atoms with Crippen LogP contribution in [0, 0.1) is 6.92 Å². The molecular formula is C16H17N5O2S2. The second kappa shape index (κ2) is 7.66. The molecule has 9 heteroatoms. The van der Waals surface area contributed by atoms with Crippen molar-refractivity contribution in [3.05, 3.63) is 35.3 Å². The number of nitrogens with one attached hydrogen (secondary N) is 1. The lowest BCUT2D eigenvalue weighted by Crippen LogP contribution is -2.14. The molecule has 0 atom stereocenters. The van der Waals surface area contributed by atoms with Crippen molar-refractivity contribution < 1.29 is 9.90 Å². The van der Waals surface area contributed by atoms with Gasteiger partial charge >= 0.3 is 0 Å². The number of nitrogens with zero attached hydrogens (tertiary/aromatic N) is 4. The fourth-order valence-corrected chi connectivity index (χ4v) is 3.72. The topological polar surface area (TPSA) is 92.9 Å². The third kappa shape index (κ3) is 3.99. The molecule has 3 aromatic rings. The average Bonchev–Trinajstić information content (AvgIpc) is 3.19. The zero-order chi connectivity index (χ0) is 17.8. The summed E-state index contributed by atoms with van der Waals surface area (Å²) in [6.45, 7) is 4.54. The highest BCUT2D eigenvalue weighted by molar-refractivity contribution is 7.99. The summed E-state index contributed by atoms with van der Waals surface area (Å²) in [6.07, 6.45) is 1.72. The van der Waals surface area contributed by atoms with Gasteiger partial charge in [-0.1, -0.05) is 23.9 Å². The van der Waals surface area contributed by atoms with Crippen molar-refractivity contribution in [1.29, 1.82) is 0 Å². The Labute approximate surface area is 153 Å². The maximum Gasteiger partial charge on any atom is 0.236 e. The minimum Gasteiger partial charge on any atom is -0.507 e. The molecule has 0 aliphatic rings. The average molecular weight is 375 g/mol. The van der Waals surface area contributed by atoms with E-state index in [0.29, 0.717) is 28.2 Å². The number of thioether (sulfide) groups is 1. The Morgan fingerprint density at radius 2 is 2.16 bits per heavy atom. The summed E-state index contributed by atoms with van der Waals surface area (Å²) < 4.78 is 1.88. The van der Waals surface area contributed by atoms with Crippen LogP contribution in [0.3, 0.4) is 0 Å². The summed E-state index contributed by atoms with van der Waals surface area (Å²) in [5.41, 5.74) is 0.617. The number of carbonyl (C=O) groups is 1. The van der Waals surface area contributed by atoms with E-state index in [1.165, 1.54) is 23.1 Å². The summed E-state index contributed by atoms with van der Waals surface area (Å²) >= 11 is 2.73. The second-order valence-corrected chi connectivity index (χ2v) is 7.36. The first kappa shape index (κ1) is 17.4. The number of aromatic hydroxyl groups is 1. The third-order valence-electron chi connectivity index (χ3n) is 3.38. The van der Waals surface area contributed by atoms with Gasteiger partial charge < -0.3 is 15.0 Å². The number of para-hydroxylation sites is 1. The van der Waals surface area contributed by atoms with E-state index in [-0.39, 0.29) is 17.4 Å². The Bertz CT molecular complexity index is 890. The smallest absolute Gasteiger partial charge is 0.236 e. The summed E-state index contributed by atoms with van der Waals surface area (Å²) in [5, 5.41) is 22.3. The predicted octanol–water partition coefficient (Wildman–Crippen LogP) is 3.17. The van der Waals surface area contributed by atoms with Gasteiger partial charge in [0.25, 0.3) is 0 Å². The van der Waals surface area contributed by atoms with Crippen LogP contribution in [0.25, 0.3) is 11.4 Å². The van der Waals surface area contributed by atoms with Crippen LogP contribution in [-0.2, 0) is 11.3 Å². The van der Waals surface area contributed by atoms with Gasteiger partial charge in [-0.15, -0.1) is 21.5 Å². The molecule has 0 saturated carbocycles. The molecule has 0 aliphatic heterocycles. The quantitative estimate of drug-likeness (QED) is 0.643. The SMILES string of the molecule is CCn1c(SCC(=O)Nc2ncc(C)s2)nnc1-c1ccccc1O. The van der Waals surface area contributed by atoms with Gasteiger partial charge in [0.1, 0.15) is 5.75 Å². The van der Waals surface area contributed by atoms with Crippen molar-refractivity contribution >= 4 is 34.1 Å². The monoisotopic (exact) mass is 375 g/mol. The van der Waals surface area contributed by atoms with Crippen molar-refractivity contribution in [2.75, 3.05) is 11.1 Å². The van der Waals surface area contributed by atoms with E-state index in [0.717, 1.165) is 4.88 Å². The zero-order valence-electron chi connectivity index (χ0n) is 13.8. The second-order valence-electron chi connectivity index (χ2n) is 5.18. The van der Waals surface area contributed by atoms with E-state index < -0.39 is 0 Å². The Morgan fingerprint density at radius 1 is 1.36 bits per heavy atom. The van der Waals surface area contributed by atoms with Crippen LogP contribution in [0.15, 0.2) is 35.6 Å². The highest BCUT2D eigenvalue weighted by Crippen LogP contribution is 2.30. The molecule has 0 fully saturated rings. The predicted molar refractivity (Wildman–Crippen MR) is 99.0 cm³/mol. The minimum atomic E-state index is -0.144. The highest BCUT2D eigenvalue weighted by Gasteiger charge is 2.17. The first-order valence-corrected chi connectivity index (χ1v) is 9.45. The van der Waals surface area contributed by atoms with Gasteiger partial charge in [-0.3, -0.25) is 4.79 Å². The number of carbonyl (C=O) groups excluding carboxylic acids is 1. The number of aryl methyl sites for hydroxylation is 1. The van der Waals surface area contributed by atoms with Crippen molar-refractivity contribution in [3.63, 3.8) is 0 Å². The Balaban J connectivity index is 1.71. The highest BCUT2D eigenvalue weighted by atomic mass is 32.2.